The van der Waals surface area contributed by atoms with Crippen LogP contribution in [-0.4, -0.2) is 37.0 Å². The second-order valence-corrected chi connectivity index (χ2v) is 8.22. The van der Waals surface area contributed by atoms with Gasteiger partial charge in [0.2, 0.25) is 10.0 Å². The molecular formula is C16H23NO3S. The molecule has 0 saturated heterocycles. The number of aliphatic hydroxyl groups excluding tert-OH is 1. The van der Waals surface area contributed by atoms with Gasteiger partial charge in [-0.05, 0) is 55.4 Å². The van der Waals surface area contributed by atoms with E-state index in [2.05, 4.69) is 0 Å². The molecule has 0 aromatic heterocycles. The number of hydrogen-bond donors (Lipinski definition) is 1. The Morgan fingerprint density at radius 1 is 1.10 bits per heavy atom. The van der Waals surface area contributed by atoms with Gasteiger partial charge in [-0.25, -0.2) is 8.42 Å². The van der Waals surface area contributed by atoms with Crippen LogP contribution >= 0.6 is 0 Å². The van der Waals surface area contributed by atoms with E-state index in [1.54, 1.807) is 13.1 Å². The van der Waals surface area contributed by atoms with E-state index < -0.39 is 16.1 Å². The van der Waals surface area contributed by atoms with Gasteiger partial charge in [-0.1, -0.05) is 18.9 Å². The molecule has 2 aliphatic carbocycles. The third-order valence-corrected chi connectivity index (χ3v) is 6.79. The van der Waals surface area contributed by atoms with Crippen LogP contribution < -0.4 is 0 Å². The van der Waals surface area contributed by atoms with Crippen LogP contribution in [0.5, 0.6) is 0 Å². The molecule has 4 nitrogen and oxygen atoms in total. The predicted molar refractivity (Wildman–Crippen MR) is 81.7 cm³/mol. The number of fused-ring (bicyclic) bond motifs is 1. The molecule has 0 radical (unpaired) electrons. The number of nitrogens with zero attached hydrogens (tertiary/aromatic N) is 1. The van der Waals surface area contributed by atoms with Crippen LogP contribution in [0.15, 0.2) is 23.1 Å². The Morgan fingerprint density at radius 2 is 1.81 bits per heavy atom. The highest BCUT2D eigenvalue weighted by molar-refractivity contribution is 7.89. The van der Waals surface area contributed by atoms with Gasteiger partial charge in [0.1, 0.15) is 0 Å². The summed E-state index contributed by atoms with van der Waals surface area (Å²) >= 11 is 0. The molecule has 2 unspecified atom stereocenters. The van der Waals surface area contributed by atoms with Gasteiger partial charge in [0.15, 0.2) is 0 Å². The fraction of sp³-hybridized carbons (Fsp3) is 0.625. The summed E-state index contributed by atoms with van der Waals surface area (Å²) < 4.78 is 27.0. The van der Waals surface area contributed by atoms with E-state index in [-0.39, 0.29) is 6.04 Å². The summed E-state index contributed by atoms with van der Waals surface area (Å²) in [5.41, 5.74) is 2.43. The monoisotopic (exact) mass is 309 g/mol. The van der Waals surface area contributed by atoms with Gasteiger partial charge in [-0.15, -0.1) is 0 Å². The van der Waals surface area contributed by atoms with E-state index in [0.29, 0.717) is 11.3 Å². The van der Waals surface area contributed by atoms with Gasteiger partial charge in [0.25, 0.3) is 0 Å². The maximum Gasteiger partial charge on any atom is 0.243 e. The first-order chi connectivity index (χ1) is 10.00. The Hall–Kier alpha value is -0.910. The Labute approximate surface area is 126 Å². The van der Waals surface area contributed by atoms with E-state index in [1.807, 2.05) is 12.1 Å². The summed E-state index contributed by atoms with van der Waals surface area (Å²) in [6.45, 7) is 0. The van der Waals surface area contributed by atoms with E-state index in [0.717, 1.165) is 44.1 Å². The van der Waals surface area contributed by atoms with Crippen LogP contribution in [-0.2, 0) is 22.9 Å². The minimum atomic E-state index is -3.52. The molecule has 0 aliphatic heterocycles. The third kappa shape index (κ3) is 2.74. The van der Waals surface area contributed by atoms with Gasteiger partial charge < -0.3 is 5.11 Å². The molecule has 116 valence electrons. The van der Waals surface area contributed by atoms with E-state index in [1.165, 1.54) is 9.87 Å². The fourth-order valence-corrected chi connectivity index (χ4v) is 5.04. The number of sulfonamides is 1. The molecular weight excluding hydrogens is 286 g/mol. The summed E-state index contributed by atoms with van der Waals surface area (Å²) in [5.74, 6) is 0. The van der Waals surface area contributed by atoms with Gasteiger partial charge in [-0.2, -0.15) is 4.31 Å². The zero-order valence-corrected chi connectivity index (χ0v) is 13.3. The van der Waals surface area contributed by atoms with E-state index in [4.69, 9.17) is 0 Å². The first-order valence-electron chi connectivity index (χ1n) is 7.78. The van der Waals surface area contributed by atoms with E-state index in [9.17, 15) is 13.5 Å². The molecule has 2 atom stereocenters. The fourth-order valence-electron chi connectivity index (χ4n) is 3.57. The smallest absolute Gasteiger partial charge is 0.243 e. The van der Waals surface area contributed by atoms with Crippen LogP contribution in [0.3, 0.4) is 0 Å². The highest BCUT2D eigenvalue weighted by Crippen LogP contribution is 2.29. The SMILES string of the molecule is CN(C1CCCCC1O)S(=O)(=O)c1ccc2c(c1)CCC2. The van der Waals surface area contributed by atoms with E-state index >= 15 is 0 Å². The molecule has 3 rings (SSSR count). The van der Waals surface area contributed by atoms with Crippen LogP contribution in [0, 0.1) is 0 Å². The van der Waals surface area contributed by atoms with Crippen LogP contribution in [0.1, 0.15) is 43.2 Å². The lowest BCUT2D eigenvalue weighted by Gasteiger charge is -2.34. The average Bonchev–Trinajstić information content (AvgIpc) is 2.94. The first-order valence-corrected chi connectivity index (χ1v) is 9.22. The maximum absolute atomic E-state index is 12.8. The molecule has 2 aliphatic rings. The van der Waals surface area contributed by atoms with Crippen LogP contribution in [0.25, 0.3) is 0 Å². The third-order valence-electron chi connectivity index (χ3n) is 4.91. The Bertz CT molecular complexity index is 626. The van der Waals surface area contributed by atoms with Crippen molar-refractivity contribution < 1.29 is 13.5 Å². The molecule has 0 bridgehead atoms. The standard InChI is InChI=1S/C16H23NO3S/c1-17(15-7-2-3-8-16(15)18)21(19,20)14-10-9-12-5-4-6-13(12)11-14/h9-11,15-16,18H,2-8H2,1H3. The number of hydrogen-bond acceptors (Lipinski definition) is 3. The van der Waals surface area contributed by atoms with Crippen molar-refractivity contribution >= 4 is 10.0 Å². The quantitative estimate of drug-likeness (QED) is 0.930. The summed E-state index contributed by atoms with van der Waals surface area (Å²) in [6, 6.07) is 5.19. The van der Waals surface area contributed by atoms with Gasteiger partial charge in [0, 0.05) is 7.05 Å². The highest BCUT2D eigenvalue weighted by Gasteiger charge is 2.34. The summed E-state index contributed by atoms with van der Waals surface area (Å²) in [7, 11) is -1.92. The minimum absolute atomic E-state index is 0.294. The summed E-state index contributed by atoms with van der Waals surface area (Å²) in [6.07, 6.45) is 5.96. The number of rotatable bonds is 3. The molecule has 0 amide bonds. The molecule has 0 spiro atoms. The molecule has 1 saturated carbocycles. The van der Waals surface area contributed by atoms with Crippen LogP contribution in [0.2, 0.25) is 0 Å². The van der Waals surface area contributed by atoms with Gasteiger partial charge in [-0.3, -0.25) is 0 Å². The van der Waals surface area contributed by atoms with Crippen molar-refractivity contribution in [3.8, 4) is 0 Å². The highest BCUT2D eigenvalue weighted by atomic mass is 32.2. The van der Waals surface area contributed by atoms with Crippen molar-refractivity contribution in [3.63, 3.8) is 0 Å². The minimum Gasteiger partial charge on any atom is -0.391 e. The Kier molecular flexibility index (Phi) is 4.08. The molecule has 0 heterocycles. The maximum atomic E-state index is 12.8. The average molecular weight is 309 g/mol. The number of aryl methyl sites for hydroxylation is 2. The lowest BCUT2D eigenvalue weighted by molar-refractivity contribution is 0.0638. The van der Waals surface area contributed by atoms with Crippen LogP contribution in [0.4, 0.5) is 0 Å². The van der Waals surface area contributed by atoms with Crippen molar-refractivity contribution in [1.29, 1.82) is 0 Å². The largest absolute Gasteiger partial charge is 0.391 e. The molecule has 1 fully saturated rings. The zero-order valence-electron chi connectivity index (χ0n) is 12.5. The number of aliphatic hydroxyl groups is 1. The normalized spacial score (nSPS) is 26.0. The van der Waals surface area contributed by atoms with Crippen molar-refractivity contribution in [1.82, 2.24) is 4.31 Å². The number of benzene rings is 1. The molecule has 5 heteroatoms. The van der Waals surface area contributed by atoms with Gasteiger partial charge in [0.05, 0.1) is 17.0 Å². The van der Waals surface area contributed by atoms with Crippen molar-refractivity contribution in [2.45, 2.75) is 62.0 Å². The Morgan fingerprint density at radius 3 is 2.57 bits per heavy atom. The molecule has 1 aromatic rings. The molecule has 1 aromatic carbocycles. The second-order valence-electron chi connectivity index (χ2n) is 6.22. The van der Waals surface area contributed by atoms with Crippen molar-refractivity contribution in [2.24, 2.45) is 0 Å². The Balaban J connectivity index is 1.89. The number of likely N-dealkylation sites (N-methyl/N-ethyl adjacent to an activating group) is 1. The van der Waals surface area contributed by atoms with Crippen molar-refractivity contribution in [2.75, 3.05) is 7.05 Å². The summed E-state index contributed by atoms with van der Waals surface area (Å²) in [4.78, 5) is 0.364. The zero-order chi connectivity index (χ0) is 15.0. The van der Waals surface area contributed by atoms with Crippen molar-refractivity contribution in [3.05, 3.63) is 29.3 Å². The topological polar surface area (TPSA) is 57.6 Å². The lowest BCUT2D eigenvalue weighted by Crippen LogP contribution is -2.46. The van der Waals surface area contributed by atoms with Gasteiger partial charge >= 0.3 is 0 Å². The molecule has 1 N–H and O–H groups in total. The summed E-state index contributed by atoms with van der Waals surface area (Å²) in [5, 5.41) is 10.1. The second kappa shape index (κ2) is 5.71. The lowest BCUT2D eigenvalue weighted by atomic mass is 9.93. The predicted octanol–water partition coefficient (Wildman–Crippen LogP) is 2.10. The molecule has 21 heavy (non-hydrogen) atoms. The first kappa shape index (κ1) is 15.0.